The number of esters is 1. The summed E-state index contributed by atoms with van der Waals surface area (Å²) in [6.07, 6.45) is 0. The summed E-state index contributed by atoms with van der Waals surface area (Å²) in [4.78, 5) is 36.4. The van der Waals surface area contributed by atoms with Gasteiger partial charge in [-0.25, -0.2) is 9.59 Å². The van der Waals surface area contributed by atoms with E-state index in [2.05, 4.69) is 0 Å². The van der Waals surface area contributed by atoms with Crippen LogP contribution in [0.5, 0.6) is 23.0 Å². The Morgan fingerprint density at radius 3 is 1.96 bits per heavy atom. The van der Waals surface area contributed by atoms with Gasteiger partial charge in [-0.1, -0.05) is 0 Å². The van der Waals surface area contributed by atoms with Crippen LogP contribution in [0.1, 0.15) is 6.92 Å². The molecule has 2 aromatic heterocycles. The lowest BCUT2D eigenvalue weighted by atomic mass is 10.0. The standard InChI is InChI=1S/C18H12O9/c1-6(19)25-10-5-8-12-11-7(17(21)27-16(12)14(10)24-3)4-9(20)13(23-2)15(11)26-18(8)22/h4-5,20H,1-3H3. The van der Waals surface area contributed by atoms with E-state index in [9.17, 15) is 19.5 Å². The lowest BCUT2D eigenvalue weighted by Crippen LogP contribution is -2.10. The molecular formula is C18H12O9. The molecule has 0 aliphatic carbocycles. The number of phenolic OH excluding ortho intramolecular Hbond substituents is 1. The summed E-state index contributed by atoms with van der Waals surface area (Å²) < 4.78 is 26.1. The monoisotopic (exact) mass is 372 g/mol. The minimum absolute atomic E-state index is 0.00756. The zero-order chi connectivity index (χ0) is 19.5. The molecule has 2 aromatic carbocycles. The van der Waals surface area contributed by atoms with Crippen molar-refractivity contribution < 1.29 is 32.9 Å². The van der Waals surface area contributed by atoms with E-state index in [1.165, 1.54) is 33.3 Å². The van der Waals surface area contributed by atoms with E-state index in [4.69, 9.17) is 23.0 Å². The fraction of sp³-hybridized carbons (Fsp3) is 0.167. The predicted octanol–water partition coefficient (Wildman–Crippen LogP) is 2.14. The molecule has 27 heavy (non-hydrogen) atoms. The van der Waals surface area contributed by atoms with Gasteiger partial charge in [0.2, 0.25) is 11.5 Å². The number of carbonyl (C=O) groups excluding carboxylic acids is 1. The van der Waals surface area contributed by atoms with Crippen LogP contribution in [-0.4, -0.2) is 25.3 Å². The highest BCUT2D eigenvalue weighted by atomic mass is 16.6. The average molecular weight is 372 g/mol. The minimum Gasteiger partial charge on any atom is -0.504 e. The third kappa shape index (κ3) is 2.21. The van der Waals surface area contributed by atoms with E-state index in [1.807, 2.05) is 0 Å². The van der Waals surface area contributed by atoms with Crippen molar-refractivity contribution in [3.05, 3.63) is 33.0 Å². The number of hydrogen-bond donors (Lipinski definition) is 1. The summed E-state index contributed by atoms with van der Waals surface area (Å²) in [5.74, 6) is -1.26. The minimum atomic E-state index is -0.807. The molecule has 0 atom stereocenters. The smallest absolute Gasteiger partial charge is 0.344 e. The number of hydrogen-bond acceptors (Lipinski definition) is 9. The van der Waals surface area contributed by atoms with E-state index in [0.717, 1.165) is 0 Å². The summed E-state index contributed by atoms with van der Waals surface area (Å²) in [6, 6.07) is 2.44. The maximum Gasteiger partial charge on any atom is 0.344 e. The Morgan fingerprint density at radius 1 is 0.926 bits per heavy atom. The molecule has 0 amide bonds. The van der Waals surface area contributed by atoms with Gasteiger partial charge in [-0.05, 0) is 6.07 Å². The van der Waals surface area contributed by atoms with Gasteiger partial charge in [-0.15, -0.1) is 0 Å². The Bertz CT molecular complexity index is 1340. The third-order valence-electron chi connectivity index (χ3n) is 4.16. The largest absolute Gasteiger partial charge is 0.504 e. The molecule has 9 nitrogen and oxygen atoms in total. The second-order valence-corrected chi connectivity index (χ2v) is 5.71. The Morgan fingerprint density at radius 2 is 1.44 bits per heavy atom. The number of carbonyl (C=O) groups is 1. The molecule has 2 heterocycles. The molecule has 1 N–H and O–H groups in total. The zero-order valence-electron chi connectivity index (χ0n) is 14.4. The van der Waals surface area contributed by atoms with Crippen molar-refractivity contribution in [1.29, 1.82) is 0 Å². The highest BCUT2D eigenvalue weighted by Gasteiger charge is 2.27. The molecule has 0 fully saturated rings. The molecule has 0 saturated heterocycles. The van der Waals surface area contributed by atoms with Crippen LogP contribution >= 0.6 is 0 Å². The van der Waals surface area contributed by atoms with Crippen molar-refractivity contribution >= 4 is 38.7 Å². The van der Waals surface area contributed by atoms with Gasteiger partial charge in [0.15, 0.2) is 22.7 Å². The maximum absolute atomic E-state index is 12.6. The van der Waals surface area contributed by atoms with Gasteiger partial charge in [0.1, 0.15) is 0 Å². The summed E-state index contributed by atoms with van der Waals surface area (Å²) >= 11 is 0. The normalized spacial score (nSPS) is 11.4. The number of benzene rings is 2. The van der Waals surface area contributed by atoms with Crippen LogP contribution in [0.4, 0.5) is 0 Å². The predicted molar refractivity (Wildman–Crippen MR) is 93.3 cm³/mol. The fourth-order valence-electron chi connectivity index (χ4n) is 3.17. The van der Waals surface area contributed by atoms with E-state index in [0.29, 0.717) is 0 Å². The number of rotatable bonds is 3. The third-order valence-corrected chi connectivity index (χ3v) is 4.16. The highest BCUT2D eigenvalue weighted by Crippen LogP contribution is 2.45. The van der Waals surface area contributed by atoms with Gasteiger partial charge in [-0.3, -0.25) is 4.79 Å². The SMILES string of the molecule is COc1c(O)cc2c(=O)oc3c(OC)c(OC(C)=O)cc4c(=O)oc1c2c34. The summed E-state index contributed by atoms with van der Waals surface area (Å²) in [6.45, 7) is 1.18. The molecule has 4 aromatic rings. The van der Waals surface area contributed by atoms with E-state index in [1.54, 1.807) is 0 Å². The van der Waals surface area contributed by atoms with Crippen molar-refractivity contribution in [2.45, 2.75) is 6.92 Å². The average Bonchev–Trinajstić information content (AvgIpc) is 2.60. The van der Waals surface area contributed by atoms with Crippen LogP contribution in [0.3, 0.4) is 0 Å². The highest BCUT2D eigenvalue weighted by molar-refractivity contribution is 6.22. The Balaban J connectivity index is 2.36. The Hall–Kier alpha value is -3.75. The lowest BCUT2D eigenvalue weighted by Gasteiger charge is -2.15. The van der Waals surface area contributed by atoms with Gasteiger partial charge in [0.25, 0.3) is 0 Å². The van der Waals surface area contributed by atoms with Crippen LogP contribution < -0.4 is 25.5 Å². The number of methoxy groups -OCH3 is 2. The molecular weight excluding hydrogens is 360 g/mol. The summed E-state index contributed by atoms with van der Waals surface area (Å²) in [5, 5.41) is 10.5. The number of aromatic hydroxyl groups is 1. The second-order valence-electron chi connectivity index (χ2n) is 5.71. The molecule has 4 rings (SSSR count). The molecule has 0 spiro atoms. The van der Waals surface area contributed by atoms with E-state index >= 15 is 0 Å². The van der Waals surface area contributed by atoms with Crippen LogP contribution in [0.2, 0.25) is 0 Å². The maximum atomic E-state index is 12.6. The summed E-state index contributed by atoms with van der Waals surface area (Å²) in [5.41, 5.74) is -1.80. The van der Waals surface area contributed by atoms with E-state index < -0.39 is 17.2 Å². The number of ether oxygens (including phenoxy) is 3. The van der Waals surface area contributed by atoms with Crippen molar-refractivity contribution in [2.75, 3.05) is 14.2 Å². The van der Waals surface area contributed by atoms with Gasteiger partial charge in [-0.2, -0.15) is 0 Å². The molecule has 0 unspecified atom stereocenters. The molecule has 0 radical (unpaired) electrons. The van der Waals surface area contributed by atoms with Crippen molar-refractivity contribution in [2.24, 2.45) is 0 Å². The number of phenols is 1. The van der Waals surface area contributed by atoms with Gasteiger partial charge >= 0.3 is 17.2 Å². The van der Waals surface area contributed by atoms with Crippen molar-refractivity contribution in [1.82, 2.24) is 0 Å². The van der Waals surface area contributed by atoms with Crippen molar-refractivity contribution in [3.63, 3.8) is 0 Å². The second kappa shape index (κ2) is 5.63. The Labute approximate surface area is 149 Å². The Kier molecular flexibility index (Phi) is 3.48. The topological polar surface area (TPSA) is 125 Å². The van der Waals surface area contributed by atoms with Gasteiger partial charge in [0.05, 0.1) is 25.0 Å². The fourth-order valence-corrected chi connectivity index (χ4v) is 3.17. The van der Waals surface area contributed by atoms with E-state index in [-0.39, 0.29) is 55.7 Å². The van der Waals surface area contributed by atoms with Crippen LogP contribution in [0.15, 0.2) is 30.6 Å². The zero-order valence-corrected chi connectivity index (χ0v) is 14.4. The van der Waals surface area contributed by atoms with Crippen LogP contribution in [0.25, 0.3) is 32.7 Å². The lowest BCUT2D eigenvalue weighted by molar-refractivity contribution is -0.131. The first-order chi connectivity index (χ1) is 12.9. The van der Waals surface area contributed by atoms with Crippen LogP contribution in [0, 0.1) is 0 Å². The molecule has 0 aliphatic heterocycles. The first-order valence-electron chi connectivity index (χ1n) is 7.69. The summed E-state index contributed by atoms with van der Waals surface area (Å²) in [7, 11) is 2.59. The van der Waals surface area contributed by atoms with Crippen LogP contribution in [-0.2, 0) is 4.79 Å². The quantitative estimate of drug-likeness (QED) is 0.249. The first kappa shape index (κ1) is 16.7. The molecule has 138 valence electrons. The van der Waals surface area contributed by atoms with Crippen molar-refractivity contribution in [3.8, 4) is 23.0 Å². The molecule has 0 aliphatic rings. The first-order valence-corrected chi connectivity index (χ1v) is 7.69. The molecule has 9 heteroatoms. The van der Waals surface area contributed by atoms with Gasteiger partial charge in [0, 0.05) is 23.8 Å². The van der Waals surface area contributed by atoms with Gasteiger partial charge < -0.3 is 28.2 Å². The molecule has 0 saturated carbocycles. The molecule has 0 bridgehead atoms.